The van der Waals surface area contributed by atoms with Crippen molar-refractivity contribution in [3.8, 4) is 0 Å². The first-order chi connectivity index (χ1) is 10.7. The van der Waals surface area contributed by atoms with E-state index in [0.717, 1.165) is 23.2 Å². The lowest BCUT2D eigenvalue weighted by molar-refractivity contribution is -0.174. The van der Waals surface area contributed by atoms with Crippen LogP contribution < -0.4 is 0 Å². The minimum Gasteiger partial charge on any atom is -0.358 e. The topological polar surface area (TPSA) is 40.2 Å². The highest BCUT2D eigenvalue weighted by atomic mass is 32.2. The lowest BCUT2D eigenvalue weighted by atomic mass is 10.1. The average molecular weight is 364 g/mol. The van der Waals surface area contributed by atoms with Gasteiger partial charge in [-0.2, -0.15) is 0 Å². The number of thioether (sulfide) groups is 1. The Kier molecular flexibility index (Phi) is 6.36. The summed E-state index contributed by atoms with van der Waals surface area (Å²) < 4.78 is 24.7. The molecule has 0 aromatic rings. The van der Waals surface area contributed by atoms with E-state index in [0.29, 0.717) is 6.61 Å². The van der Waals surface area contributed by atoms with Crippen LogP contribution >= 0.6 is 24.0 Å². The number of nitrogens with zero attached hydrogens (tertiary/aromatic N) is 1. The monoisotopic (exact) mass is 363 g/mol. The molecule has 134 valence electrons. The lowest BCUT2D eigenvalue weighted by Crippen LogP contribution is -2.40. The van der Waals surface area contributed by atoms with Crippen molar-refractivity contribution in [1.82, 2.24) is 4.90 Å². The van der Waals surface area contributed by atoms with E-state index in [9.17, 15) is 0 Å². The summed E-state index contributed by atoms with van der Waals surface area (Å²) in [7, 11) is 0. The van der Waals surface area contributed by atoms with E-state index in [4.69, 9.17) is 31.2 Å². The molecule has 2 heterocycles. The molecule has 2 aliphatic heterocycles. The van der Waals surface area contributed by atoms with E-state index in [2.05, 4.69) is 18.7 Å². The van der Waals surface area contributed by atoms with E-state index in [1.165, 1.54) is 0 Å². The zero-order valence-electron chi connectivity index (χ0n) is 15.0. The summed E-state index contributed by atoms with van der Waals surface area (Å²) in [6.07, 6.45) is -0.316. The lowest BCUT2D eigenvalue weighted by Gasteiger charge is -2.25. The third-order valence-corrected chi connectivity index (χ3v) is 5.62. The number of ether oxygens (including phenoxy) is 4. The molecule has 0 unspecified atom stereocenters. The van der Waals surface area contributed by atoms with Crippen LogP contribution in [-0.2, 0) is 18.9 Å². The van der Waals surface area contributed by atoms with Gasteiger partial charge in [-0.3, -0.25) is 0 Å². The van der Waals surface area contributed by atoms with Gasteiger partial charge in [-0.05, 0) is 41.5 Å². The Labute approximate surface area is 149 Å². The molecule has 7 heteroatoms. The Hall–Kier alpha value is 0.0800. The molecule has 0 spiro atoms. The minimum absolute atomic E-state index is 0.0639. The molecule has 0 amide bonds. The van der Waals surface area contributed by atoms with Crippen molar-refractivity contribution in [2.45, 2.75) is 71.4 Å². The summed E-state index contributed by atoms with van der Waals surface area (Å²) in [5.41, 5.74) is 0. The molecule has 0 radical (unpaired) electrons. The Morgan fingerprint density at radius 3 is 2.26 bits per heavy atom. The maximum Gasteiger partial charge on any atom is 0.163 e. The molecule has 0 N–H and O–H groups in total. The molecule has 2 aliphatic rings. The van der Waals surface area contributed by atoms with Gasteiger partial charge in [-0.25, -0.2) is 0 Å². The average Bonchev–Trinajstić information content (AvgIpc) is 2.97. The second-order valence-corrected chi connectivity index (χ2v) is 8.41. The van der Waals surface area contributed by atoms with Crippen LogP contribution in [0.1, 0.15) is 41.5 Å². The molecule has 2 rings (SSSR count). The summed E-state index contributed by atoms with van der Waals surface area (Å²) in [5.74, 6) is -0.415. The van der Waals surface area contributed by atoms with Gasteiger partial charge in [0.05, 0.1) is 12.7 Å². The quantitative estimate of drug-likeness (QED) is 0.695. The Morgan fingerprint density at radius 2 is 1.74 bits per heavy atom. The van der Waals surface area contributed by atoms with Crippen LogP contribution in [0.2, 0.25) is 0 Å². The summed E-state index contributed by atoms with van der Waals surface area (Å²) in [4.78, 5) is 2.17. The molecular formula is C16H29NO4S2. The molecule has 0 aromatic heterocycles. The van der Waals surface area contributed by atoms with Crippen LogP contribution in [-0.4, -0.2) is 64.6 Å². The summed E-state index contributed by atoms with van der Waals surface area (Å²) in [5, 5.41) is 0. The highest BCUT2D eigenvalue weighted by Gasteiger charge is 2.49. The van der Waals surface area contributed by atoms with Gasteiger partial charge in [0, 0.05) is 18.8 Å². The van der Waals surface area contributed by atoms with E-state index >= 15 is 0 Å². The molecule has 2 fully saturated rings. The van der Waals surface area contributed by atoms with Crippen LogP contribution in [0.4, 0.5) is 0 Å². The first kappa shape index (κ1) is 19.4. The maximum absolute atomic E-state index is 6.09. The summed E-state index contributed by atoms with van der Waals surface area (Å²) in [6.45, 7) is 14.3. The van der Waals surface area contributed by atoms with Gasteiger partial charge >= 0.3 is 0 Å². The zero-order chi connectivity index (χ0) is 17.3. The molecule has 23 heavy (non-hydrogen) atoms. The van der Waals surface area contributed by atoms with E-state index in [1.807, 2.05) is 27.7 Å². The van der Waals surface area contributed by atoms with Crippen LogP contribution in [0.3, 0.4) is 0 Å². The van der Waals surface area contributed by atoms with Gasteiger partial charge in [0.25, 0.3) is 0 Å². The summed E-state index contributed by atoms with van der Waals surface area (Å²) in [6, 6.07) is 0. The van der Waals surface area contributed by atoms with Crippen molar-refractivity contribution in [2.24, 2.45) is 0 Å². The van der Waals surface area contributed by atoms with Crippen LogP contribution in [0.5, 0.6) is 0 Å². The fourth-order valence-electron chi connectivity index (χ4n) is 2.91. The van der Waals surface area contributed by atoms with Gasteiger partial charge < -0.3 is 23.8 Å². The Bertz CT molecular complexity index is 426. The number of hydrogen-bond acceptors (Lipinski definition) is 6. The molecule has 0 aliphatic carbocycles. The zero-order valence-corrected chi connectivity index (χ0v) is 16.6. The highest BCUT2D eigenvalue weighted by molar-refractivity contribution is 8.22. The van der Waals surface area contributed by atoms with Crippen molar-refractivity contribution in [2.75, 3.05) is 25.4 Å². The Morgan fingerprint density at radius 1 is 1.09 bits per heavy atom. The van der Waals surface area contributed by atoms with E-state index in [1.54, 1.807) is 11.8 Å². The van der Waals surface area contributed by atoms with Crippen molar-refractivity contribution >= 4 is 28.3 Å². The molecule has 0 saturated carbocycles. The predicted octanol–water partition coefficient (Wildman–Crippen LogP) is 3.02. The van der Waals surface area contributed by atoms with Crippen molar-refractivity contribution < 1.29 is 18.9 Å². The Balaban J connectivity index is 1.96. The second kappa shape index (κ2) is 7.54. The van der Waals surface area contributed by atoms with E-state index < -0.39 is 11.6 Å². The number of thiocarbonyl (C=S) groups is 1. The van der Waals surface area contributed by atoms with Gasteiger partial charge in [-0.15, -0.1) is 0 Å². The fraction of sp³-hybridized carbons (Fsp3) is 0.938. The molecule has 3 atom stereocenters. The third-order valence-electron chi connectivity index (χ3n) is 4.01. The number of rotatable bonds is 5. The molecular weight excluding hydrogens is 334 g/mol. The molecule has 0 aromatic carbocycles. The normalized spacial score (nSPS) is 32.2. The van der Waals surface area contributed by atoms with Crippen LogP contribution in [0.25, 0.3) is 0 Å². The third kappa shape index (κ3) is 5.03. The van der Waals surface area contributed by atoms with Crippen LogP contribution in [0.15, 0.2) is 0 Å². The fourth-order valence-corrected chi connectivity index (χ4v) is 4.38. The summed E-state index contributed by atoms with van der Waals surface area (Å²) >= 11 is 7.16. The van der Waals surface area contributed by atoms with Gasteiger partial charge in [-0.1, -0.05) is 24.0 Å². The van der Waals surface area contributed by atoms with Crippen molar-refractivity contribution in [3.05, 3.63) is 0 Å². The SMILES string of the molecule is CCN(CC)C(=S)SC[C@@H]1OC(C)(C)O[C@H]1[C@H]1COC(C)(C)O1. The molecule has 2 saturated heterocycles. The molecule has 5 nitrogen and oxygen atoms in total. The van der Waals surface area contributed by atoms with Crippen molar-refractivity contribution in [1.29, 1.82) is 0 Å². The van der Waals surface area contributed by atoms with Gasteiger partial charge in [0.2, 0.25) is 0 Å². The van der Waals surface area contributed by atoms with Gasteiger partial charge in [0.1, 0.15) is 16.5 Å². The second-order valence-electron chi connectivity index (χ2n) is 6.75. The maximum atomic E-state index is 6.09. The smallest absolute Gasteiger partial charge is 0.163 e. The van der Waals surface area contributed by atoms with Gasteiger partial charge in [0.15, 0.2) is 11.6 Å². The van der Waals surface area contributed by atoms with Crippen molar-refractivity contribution in [3.63, 3.8) is 0 Å². The molecule has 0 bridgehead atoms. The van der Waals surface area contributed by atoms with E-state index in [-0.39, 0.29) is 18.3 Å². The highest BCUT2D eigenvalue weighted by Crippen LogP contribution is 2.36. The van der Waals surface area contributed by atoms with Crippen LogP contribution in [0, 0.1) is 0 Å². The minimum atomic E-state index is -0.608. The first-order valence-electron chi connectivity index (χ1n) is 8.26. The largest absolute Gasteiger partial charge is 0.358 e. The first-order valence-corrected chi connectivity index (χ1v) is 9.66. The number of hydrogen-bond donors (Lipinski definition) is 0. The predicted molar refractivity (Wildman–Crippen MR) is 96.7 cm³/mol. The standard InChI is InChI=1S/C16H29NO4S2/c1-7-17(8-2)14(22)23-10-12-13(21-16(5,6)20-12)11-9-18-15(3,4)19-11/h11-13H,7-10H2,1-6H3/t11-,12+,13+/m1/s1.